The number of piperidine rings is 1. The molecule has 0 saturated carbocycles. The van der Waals surface area contributed by atoms with Gasteiger partial charge < -0.3 is 24.4 Å². The lowest BCUT2D eigenvalue weighted by atomic mass is 9.91. The van der Waals surface area contributed by atoms with Crippen LogP contribution in [0.4, 0.5) is 10.5 Å². The maximum atomic E-state index is 12.6. The highest BCUT2D eigenvalue weighted by Gasteiger charge is 2.39. The molecule has 2 heterocycles. The molecular formula is C27H34N2O5. The Kier molecular flexibility index (Phi) is 7.12. The predicted molar refractivity (Wildman–Crippen MR) is 130 cm³/mol. The van der Waals surface area contributed by atoms with Crippen LogP contribution < -0.4 is 10.1 Å². The van der Waals surface area contributed by atoms with Crippen molar-refractivity contribution in [1.82, 2.24) is 4.90 Å². The van der Waals surface area contributed by atoms with Gasteiger partial charge in [-0.3, -0.25) is 4.79 Å². The molecule has 0 aromatic heterocycles. The molecule has 7 nitrogen and oxygen atoms in total. The molecule has 182 valence electrons. The number of rotatable bonds is 6. The lowest BCUT2D eigenvalue weighted by Gasteiger charge is -2.41. The van der Waals surface area contributed by atoms with Gasteiger partial charge in [0, 0.05) is 30.8 Å². The SMILES string of the molecule is CC(C)(C)OC(=O)N1CCC(COc2cccc3c2CCC(=O)N3)(OCc2ccccc2)CC1. The first kappa shape index (κ1) is 24.1. The van der Waals surface area contributed by atoms with Gasteiger partial charge in [-0.2, -0.15) is 0 Å². The predicted octanol–water partition coefficient (Wildman–Crippen LogP) is 4.94. The van der Waals surface area contributed by atoms with Gasteiger partial charge in [-0.05, 0) is 57.7 Å². The van der Waals surface area contributed by atoms with E-state index >= 15 is 0 Å². The van der Waals surface area contributed by atoms with E-state index in [4.69, 9.17) is 14.2 Å². The number of carbonyl (C=O) groups is 2. The van der Waals surface area contributed by atoms with Crippen molar-refractivity contribution in [3.8, 4) is 5.75 Å². The Bertz CT molecular complexity index is 1010. The first-order valence-corrected chi connectivity index (χ1v) is 11.9. The van der Waals surface area contributed by atoms with Crippen LogP contribution in [-0.2, 0) is 27.3 Å². The number of ether oxygens (including phenoxy) is 3. The maximum Gasteiger partial charge on any atom is 0.410 e. The molecule has 1 fully saturated rings. The summed E-state index contributed by atoms with van der Waals surface area (Å²) in [7, 11) is 0. The van der Waals surface area contributed by atoms with Crippen molar-refractivity contribution >= 4 is 17.7 Å². The number of amides is 2. The smallest absolute Gasteiger partial charge is 0.410 e. The summed E-state index contributed by atoms with van der Waals surface area (Å²) in [4.78, 5) is 26.1. The maximum absolute atomic E-state index is 12.6. The topological polar surface area (TPSA) is 77.1 Å². The normalized spacial score (nSPS) is 17.5. The molecule has 2 aliphatic rings. The molecule has 4 rings (SSSR count). The van der Waals surface area contributed by atoms with Gasteiger partial charge in [-0.15, -0.1) is 0 Å². The number of fused-ring (bicyclic) bond motifs is 1. The minimum absolute atomic E-state index is 0.0295. The zero-order valence-electron chi connectivity index (χ0n) is 20.3. The minimum atomic E-state index is -0.533. The van der Waals surface area contributed by atoms with E-state index in [2.05, 4.69) is 5.32 Å². The zero-order valence-corrected chi connectivity index (χ0v) is 20.3. The van der Waals surface area contributed by atoms with E-state index in [1.807, 2.05) is 69.3 Å². The zero-order chi connectivity index (χ0) is 24.2. The van der Waals surface area contributed by atoms with Gasteiger partial charge in [0.15, 0.2) is 0 Å². The third-order valence-corrected chi connectivity index (χ3v) is 6.21. The monoisotopic (exact) mass is 466 g/mol. The number of hydrogen-bond acceptors (Lipinski definition) is 5. The molecule has 0 bridgehead atoms. The Hall–Kier alpha value is -3.06. The molecule has 0 spiro atoms. The minimum Gasteiger partial charge on any atom is -0.490 e. The average Bonchev–Trinajstić information content (AvgIpc) is 2.81. The van der Waals surface area contributed by atoms with Crippen molar-refractivity contribution < 1.29 is 23.8 Å². The number of nitrogens with zero attached hydrogens (tertiary/aromatic N) is 1. The van der Waals surface area contributed by atoms with E-state index in [-0.39, 0.29) is 12.0 Å². The Morgan fingerprint density at radius 2 is 1.76 bits per heavy atom. The van der Waals surface area contributed by atoms with Crippen molar-refractivity contribution in [3.05, 3.63) is 59.7 Å². The number of anilines is 1. The summed E-state index contributed by atoms with van der Waals surface area (Å²) in [5.74, 6) is 0.802. The van der Waals surface area contributed by atoms with Crippen LogP contribution >= 0.6 is 0 Å². The third-order valence-electron chi connectivity index (χ3n) is 6.21. The Labute approximate surface area is 201 Å². The summed E-state index contributed by atoms with van der Waals surface area (Å²) in [6.07, 6.45) is 2.10. The Morgan fingerprint density at radius 3 is 2.47 bits per heavy atom. The van der Waals surface area contributed by atoms with E-state index in [0.29, 0.717) is 52.0 Å². The first-order chi connectivity index (χ1) is 16.2. The van der Waals surface area contributed by atoms with Crippen LogP contribution in [0, 0.1) is 0 Å². The van der Waals surface area contributed by atoms with Gasteiger partial charge in [-0.25, -0.2) is 4.79 Å². The van der Waals surface area contributed by atoms with Gasteiger partial charge in [0.2, 0.25) is 5.91 Å². The summed E-state index contributed by atoms with van der Waals surface area (Å²) >= 11 is 0. The molecule has 0 radical (unpaired) electrons. The molecule has 2 aliphatic heterocycles. The standard InChI is InChI=1S/C27H34N2O5/c1-26(2,3)34-25(31)29-16-14-27(15-17-29,33-18-20-8-5-4-6-9-20)19-32-23-11-7-10-22-21(23)12-13-24(30)28-22/h4-11H,12-19H2,1-3H3,(H,28,30). The molecule has 0 aliphatic carbocycles. The van der Waals surface area contributed by atoms with Crippen LogP contribution in [0.5, 0.6) is 5.75 Å². The fraction of sp³-hybridized carbons (Fsp3) is 0.481. The fourth-order valence-electron chi connectivity index (χ4n) is 4.30. The van der Waals surface area contributed by atoms with Crippen LogP contribution in [0.25, 0.3) is 0 Å². The number of benzene rings is 2. The summed E-state index contributed by atoms with van der Waals surface area (Å²) < 4.78 is 18.4. The first-order valence-electron chi connectivity index (χ1n) is 11.9. The highest BCUT2D eigenvalue weighted by molar-refractivity contribution is 5.94. The molecule has 0 unspecified atom stereocenters. The highest BCUT2D eigenvalue weighted by atomic mass is 16.6. The lowest BCUT2D eigenvalue weighted by Crippen LogP contribution is -2.52. The van der Waals surface area contributed by atoms with Gasteiger partial charge in [-0.1, -0.05) is 36.4 Å². The second-order valence-electron chi connectivity index (χ2n) is 10.0. The van der Waals surface area contributed by atoms with Crippen molar-refractivity contribution in [1.29, 1.82) is 0 Å². The van der Waals surface area contributed by atoms with Crippen molar-refractivity contribution in [3.63, 3.8) is 0 Å². The summed E-state index contributed by atoms with van der Waals surface area (Å²) in [5.41, 5.74) is 1.87. The molecule has 2 aromatic carbocycles. The Balaban J connectivity index is 1.46. The quantitative estimate of drug-likeness (QED) is 0.653. The molecule has 2 aromatic rings. The van der Waals surface area contributed by atoms with E-state index < -0.39 is 11.2 Å². The molecular weight excluding hydrogens is 432 g/mol. The molecule has 1 N–H and O–H groups in total. The molecule has 2 amide bonds. The lowest BCUT2D eigenvalue weighted by molar-refractivity contribution is -0.117. The van der Waals surface area contributed by atoms with Crippen molar-refractivity contribution in [2.24, 2.45) is 0 Å². The largest absolute Gasteiger partial charge is 0.490 e. The van der Waals surface area contributed by atoms with E-state index in [9.17, 15) is 9.59 Å². The van der Waals surface area contributed by atoms with E-state index in [1.165, 1.54) is 0 Å². The molecule has 34 heavy (non-hydrogen) atoms. The Morgan fingerprint density at radius 1 is 1.03 bits per heavy atom. The number of likely N-dealkylation sites (tertiary alicyclic amines) is 1. The summed E-state index contributed by atoms with van der Waals surface area (Å²) in [6, 6.07) is 15.8. The van der Waals surface area contributed by atoms with Crippen LogP contribution in [-0.4, -0.2) is 47.8 Å². The van der Waals surface area contributed by atoms with Crippen LogP contribution in [0.2, 0.25) is 0 Å². The number of hydrogen-bond donors (Lipinski definition) is 1. The van der Waals surface area contributed by atoms with Crippen LogP contribution in [0.1, 0.15) is 51.2 Å². The van der Waals surface area contributed by atoms with Crippen LogP contribution in [0.15, 0.2) is 48.5 Å². The molecule has 0 atom stereocenters. The second kappa shape index (κ2) is 10.1. The summed E-state index contributed by atoms with van der Waals surface area (Å²) in [6.45, 7) is 7.54. The van der Waals surface area contributed by atoms with Crippen LogP contribution in [0.3, 0.4) is 0 Å². The van der Waals surface area contributed by atoms with Gasteiger partial charge >= 0.3 is 6.09 Å². The van der Waals surface area contributed by atoms with Crippen molar-refractivity contribution in [2.75, 3.05) is 25.0 Å². The van der Waals surface area contributed by atoms with Gasteiger partial charge in [0.25, 0.3) is 0 Å². The van der Waals surface area contributed by atoms with E-state index in [0.717, 1.165) is 22.6 Å². The summed E-state index contributed by atoms with van der Waals surface area (Å²) in [5, 5.41) is 2.92. The average molecular weight is 467 g/mol. The number of carbonyl (C=O) groups excluding carboxylic acids is 2. The van der Waals surface area contributed by atoms with Gasteiger partial charge in [0.1, 0.15) is 23.6 Å². The number of nitrogens with one attached hydrogen (secondary N) is 1. The highest BCUT2D eigenvalue weighted by Crippen LogP contribution is 2.34. The fourth-order valence-corrected chi connectivity index (χ4v) is 4.30. The molecule has 1 saturated heterocycles. The second-order valence-corrected chi connectivity index (χ2v) is 10.0. The van der Waals surface area contributed by atoms with E-state index in [1.54, 1.807) is 4.90 Å². The van der Waals surface area contributed by atoms with Crippen molar-refractivity contribution in [2.45, 2.75) is 64.3 Å². The third kappa shape index (κ3) is 6.08. The van der Waals surface area contributed by atoms with Gasteiger partial charge in [0.05, 0.1) is 6.61 Å². The molecule has 7 heteroatoms.